The molecule has 0 fully saturated rings. The van der Waals surface area contributed by atoms with E-state index < -0.39 is 11.7 Å². The zero-order chi connectivity index (χ0) is 14.9. The minimum absolute atomic E-state index is 0.0964. The zero-order valence-electron chi connectivity index (χ0n) is 10.4. The predicted molar refractivity (Wildman–Crippen MR) is 82.8 cm³/mol. The molecule has 1 N–H and O–H groups in total. The second-order valence-electron chi connectivity index (χ2n) is 4.17. The first kappa shape index (κ1) is 15.2. The summed E-state index contributed by atoms with van der Waals surface area (Å²) in [6.07, 6.45) is 0. The van der Waals surface area contributed by atoms with Gasteiger partial charge in [0.15, 0.2) is 0 Å². The van der Waals surface area contributed by atoms with Crippen LogP contribution in [0.1, 0.15) is 15.9 Å². The monoisotopic (exact) mass is 329 g/mol. The van der Waals surface area contributed by atoms with Crippen LogP contribution in [0.2, 0.25) is 10.0 Å². The number of carbonyl (C=O) groups is 1. The third kappa shape index (κ3) is 3.08. The maximum Gasteiger partial charge on any atom is 0.255 e. The molecule has 2 aromatic carbocycles. The fourth-order valence-electron chi connectivity index (χ4n) is 1.61. The van der Waals surface area contributed by atoms with Crippen LogP contribution in [0.15, 0.2) is 35.2 Å². The van der Waals surface area contributed by atoms with E-state index in [4.69, 9.17) is 23.2 Å². The van der Waals surface area contributed by atoms with E-state index in [9.17, 15) is 9.18 Å². The van der Waals surface area contributed by atoms with E-state index in [1.165, 1.54) is 18.2 Å². The molecule has 0 radical (unpaired) electrons. The summed E-state index contributed by atoms with van der Waals surface area (Å²) in [6, 6.07) is 7.28. The quantitative estimate of drug-likeness (QED) is 0.747. The van der Waals surface area contributed by atoms with E-state index in [1.807, 2.05) is 0 Å². The molecule has 6 heteroatoms. The lowest BCUT2D eigenvalue weighted by Gasteiger charge is -2.11. The van der Waals surface area contributed by atoms with Gasteiger partial charge in [0.2, 0.25) is 0 Å². The summed E-state index contributed by atoms with van der Waals surface area (Å²) in [6.45, 7) is 1.80. The van der Waals surface area contributed by atoms with Crippen LogP contribution in [0.25, 0.3) is 0 Å². The van der Waals surface area contributed by atoms with E-state index in [0.29, 0.717) is 15.7 Å². The van der Waals surface area contributed by atoms with Crippen molar-refractivity contribution in [3.05, 3.63) is 57.3 Å². The van der Waals surface area contributed by atoms with Gasteiger partial charge in [0.1, 0.15) is 5.82 Å². The highest BCUT2D eigenvalue weighted by atomic mass is 35.5. The normalized spacial score (nSPS) is 10.4. The Morgan fingerprint density at radius 1 is 1.25 bits per heavy atom. The van der Waals surface area contributed by atoms with Crippen LogP contribution >= 0.6 is 35.8 Å². The summed E-state index contributed by atoms with van der Waals surface area (Å²) in [4.78, 5) is 12.2. The molecule has 2 aromatic rings. The Labute approximate surface area is 131 Å². The van der Waals surface area contributed by atoms with Gasteiger partial charge in [0.25, 0.3) is 5.91 Å². The van der Waals surface area contributed by atoms with Crippen LogP contribution in [0.5, 0.6) is 0 Å². The van der Waals surface area contributed by atoms with E-state index in [0.717, 1.165) is 5.56 Å². The van der Waals surface area contributed by atoms with Gasteiger partial charge in [0.05, 0.1) is 15.7 Å². The second-order valence-corrected chi connectivity index (χ2v) is 5.44. The topological polar surface area (TPSA) is 29.1 Å². The third-order valence-corrected chi connectivity index (χ3v) is 3.88. The lowest BCUT2D eigenvalue weighted by molar-refractivity contribution is 0.102. The summed E-state index contributed by atoms with van der Waals surface area (Å²) in [7, 11) is 0. The maximum atomic E-state index is 13.1. The van der Waals surface area contributed by atoms with Crippen LogP contribution in [0.3, 0.4) is 0 Å². The molecule has 0 unspecified atom stereocenters. The van der Waals surface area contributed by atoms with Crippen LogP contribution in [0.4, 0.5) is 10.1 Å². The molecule has 0 aromatic heterocycles. The number of hydrogen-bond acceptors (Lipinski definition) is 2. The average Bonchev–Trinajstić information content (AvgIpc) is 2.42. The lowest BCUT2D eigenvalue weighted by Crippen LogP contribution is -2.13. The summed E-state index contributed by atoms with van der Waals surface area (Å²) >= 11 is 16.1. The summed E-state index contributed by atoms with van der Waals surface area (Å²) in [5, 5.41) is 3.33. The van der Waals surface area contributed by atoms with Gasteiger partial charge in [-0.15, -0.1) is 12.6 Å². The van der Waals surface area contributed by atoms with Crippen molar-refractivity contribution in [3.8, 4) is 0 Å². The van der Waals surface area contributed by atoms with Crippen molar-refractivity contribution in [2.75, 3.05) is 5.32 Å². The lowest BCUT2D eigenvalue weighted by atomic mass is 10.2. The minimum atomic E-state index is -0.489. The molecular weight excluding hydrogens is 320 g/mol. The summed E-state index contributed by atoms with van der Waals surface area (Å²) in [5.41, 5.74) is 1.40. The largest absolute Gasteiger partial charge is 0.319 e. The summed E-state index contributed by atoms with van der Waals surface area (Å²) < 4.78 is 13.1. The molecule has 2 rings (SSSR count). The Kier molecular flexibility index (Phi) is 4.58. The van der Waals surface area contributed by atoms with Gasteiger partial charge in [-0.2, -0.15) is 0 Å². The van der Waals surface area contributed by atoms with E-state index in [1.54, 1.807) is 19.1 Å². The van der Waals surface area contributed by atoms with Crippen molar-refractivity contribution in [2.45, 2.75) is 11.8 Å². The Balaban J connectivity index is 2.32. The molecule has 0 aliphatic rings. The van der Waals surface area contributed by atoms with Crippen LogP contribution < -0.4 is 5.32 Å². The number of aryl methyl sites for hydroxylation is 1. The smallest absolute Gasteiger partial charge is 0.255 e. The molecule has 0 spiro atoms. The number of rotatable bonds is 2. The van der Waals surface area contributed by atoms with E-state index in [2.05, 4.69) is 17.9 Å². The van der Waals surface area contributed by atoms with Crippen molar-refractivity contribution in [2.24, 2.45) is 0 Å². The molecule has 2 nitrogen and oxygen atoms in total. The number of carbonyl (C=O) groups excluding carboxylic acids is 1. The van der Waals surface area contributed by atoms with Gasteiger partial charge in [-0.1, -0.05) is 29.3 Å². The number of thiol groups is 1. The molecule has 0 saturated heterocycles. The van der Waals surface area contributed by atoms with Gasteiger partial charge in [0, 0.05) is 10.5 Å². The van der Waals surface area contributed by atoms with Gasteiger partial charge in [-0.3, -0.25) is 4.79 Å². The highest BCUT2D eigenvalue weighted by Crippen LogP contribution is 2.33. The Morgan fingerprint density at radius 2 is 1.95 bits per heavy atom. The number of halogens is 3. The molecule has 0 heterocycles. The highest BCUT2D eigenvalue weighted by Gasteiger charge is 2.14. The Hall–Kier alpha value is -1.23. The fourth-order valence-corrected chi connectivity index (χ4v) is 2.29. The Bertz CT molecular complexity index is 691. The number of hydrogen-bond donors (Lipinski definition) is 2. The molecule has 0 saturated carbocycles. The van der Waals surface area contributed by atoms with Crippen molar-refractivity contribution >= 4 is 47.4 Å². The fraction of sp³-hybridized carbons (Fsp3) is 0.0714. The number of benzene rings is 2. The molecular formula is C14H10Cl2FNOS. The first-order valence-electron chi connectivity index (χ1n) is 5.64. The first-order valence-corrected chi connectivity index (χ1v) is 6.85. The molecule has 0 atom stereocenters. The maximum absolute atomic E-state index is 13.1. The average molecular weight is 330 g/mol. The Morgan fingerprint density at radius 3 is 2.60 bits per heavy atom. The molecule has 0 bridgehead atoms. The predicted octanol–water partition coefficient (Wildman–Crippen LogP) is 4.98. The SMILES string of the molecule is Cc1ccc(Cl)c(NC(=O)c2ccc(F)c(S)c2)c1Cl. The van der Waals surface area contributed by atoms with Crippen molar-refractivity contribution in [1.82, 2.24) is 0 Å². The van der Waals surface area contributed by atoms with E-state index >= 15 is 0 Å². The minimum Gasteiger partial charge on any atom is -0.319 e. The third-order valence-electron chi connectivity index (χ3n) is 2.73. The van der Waals surface area contributed by atoms with Crippen LogP contribution in [0, 0.1) is 12.7 Å². The van der Waals surface area contributed by atoms with Crippen molar-refractivity contribution in [1.29, 1.82) is 0 Å². The molecule has 0 aliphatic heterocycles. The van der Waals surface area contributed by atoms with Crippen molar-refractivity contribution in [3.63, 3.8) is 0 Å². The number of amides is 1. The van der Waals surface area contributed by atoms with E-state index in [-0.39, 0.29) is 10.5 Å². The van der Waals surface area contributed by atoms with Gasteiger partial charge in [-0.25, -0.2) is 4.39 Å². The van der Waals surface area contributed by atoms with Gasteiger partial charge >= 0.3 is 0 Å². The molecule has 20 heavy (non-hydrogen) atoms. The first-order chi connectivity index (χ1) is 9.40. The second kappa shape index (κ2) is 6.04. The standard InChI is InChI=1S/C14H10Cl2FNOS/c1-7-2-4-9(15)13(12(7)16)18-14(19)8-3-5-10(17)11(20)6-8/h2-6,20H,1H3,(H,18,19). The number of nitrogens with one attached hydrogen (secondary N) is 1. The van der Waals surface area contributed by atoms with Gasteiger partial charge < -0.3 is 5.32 Å². The van der Waals surface area contributed by atoms with Crippen LogP contribution in [-0.2, 0) is 0 Å². The van der Waals surface area contributed by atoms with Gasteiger partial charge in [-0.05, 0) is 36.8 Å². The van der Waals surface area contributed by atoms with Crippen molar-refractivity contribution < 1.29 is 9.18 Å². The molecule has 0 aliphatic carbocycles. The van der Waals surface area contributed by atoms with Crippen LogP contribution in [-0.4, -0.2) is 5.91 Å². The molecule has 104 valence electrons. The summed E-state index contributed by atoms with van der Waals surface area (Å²) in [5.74, 6) is -0.925. The number of anilines is 1. The zero-order valence-corrected chi connectivity index (χ0v) is 12.8. The molecule has 1 amide bonds. The highest BCUT2D eigenvalue weighted by molar-refractivity contribution is 7.80.